The van der Waals surface area contributed by atoms with Crippen molar-refractivity contribution >= 4 is 21.6 Å². The third-order valence-corrected chi connectivity index (χ3v) is 1.46. The van der Waals surface area contributed by atoms with Crippen molar-refractivity contribution in [3.05, 3.63) is 11.8 Å². The summed E-state index contributed by atoms with van der Waals surface area (Å²) in [7, 11) is 1.84. The maximum absolute atomic E-state index is 7.09. The van der Waals surface area contributed by atoms with Crippen molar-refractivity contribution in [3.63, 3.8) is 0 Å². The molecule has 0 aromatic carbocycles. The highest BCUT2D eigenvalue weighted by Gasteiger charge is 1.88. The van der Waals surface area contributed by atoms with Gasteiger partial charge in [-0.1, -0.05) is 15.9 Å². The molecule has 0 radical (unpaired) electrons. The van der Waals surface area contributed by atoms with E-state index in [9.17, 15) is 0 Å². The first-order chi connectivity index (χ1) is 4.20. The van der Waals surface area contributed by atoms with Crippen molar-refractivity contribution in [1.29, 1.82) is 5.41 Å². The molecule has 0 atom stereocenters. The fourth-order valence-corrected chi connectivity index (χ4v) is 0.881. The van der Waals surface area contributed by atoms with E-state index in [1.807, 2.05) is 7.05 Å². The minimum Gasteiger partial charge on any atom is -0.391 e. The Morgan fingerprint density at radius 3 is 2.44 bits per heavy atom. The van der Waals surface area contributed by atoms with Crippen LogP contribution in [0.1, 0.15) is 6.92 Å². The van der Waals surface area contributed by atoms with Gasteiger partial charge in [0.15, 0.2) is 0 Å². The van der Waals surface area contributed by atoms with Gasteiger partial charge in [-0.25, -0.2) is 0 Å². The average molecular weight is 191 g/mol. The first kappa shape index (κ1) is 8.69. The third kappa shape index (κ3) is 4.21. The van der Waals surface area contributed by atoms with Gasteiger partial charge < -0.3 is 10.7 Å². The monoisotopic (exact) mass is 190 g/mol. The van der Waals surface area contributed by atoms with Crippen molar-refractivity contribution in [2.24, 2.45) is 0 Å². The molecule has 0 heterocycles. The summed E-state index contributed by atoms with van der Waals surface area (Å²) >= 11 is 3.28. The molecule has 0 amide bonds. The summed E-state index contributed by atoms with van der Waals surface area (Å²) in [6.07, 6.45) is 1.79. The van der Waals surface area contributed by atoms with Crippen LogP contribution >= 0.6 is 15.9 Å². The molecule has 0 bridgehead atoms. The summed E-state index contributed by atoms with van der Waals surface area (Å²) in [4.78, 5) is 0. The van der Waals surface area contributed by atoms with E-state index in [-0.39, 0.29) is 0 Å². The summed E-state index contributed by atoms with van der Waals surface area (Å²) in [5.41, 5.74) is 1.60. The lowest BCUT2D eigenvalue weighted by molar-refractivity contribution is 1.00. The number of rotatable bonds is 3. The van der Waals surface area contributed by atoms with Crippen LogP contribution in [0, 0.1) is 5.41 Å². The topological polar surface area (TPSA) is 35.9 Å². The van der Waals surface area contributed by atoms with Gasteiger partial charge in [-0.05, 0) is 13.0 Å². The first-order valence-corrected chi connectivity index (χ1v) is 3.82. The van der Waals surface area contributed by atoms with E-state index in [1.54, 1.807) is 13.0 Å². The number of halogens is 1. The molecular weight excluding hydrogens is 180 g/mol. The van der Waals surface area contributed by atoms with Crippen LogP contribution in [-0.4, -0.2) is 18.1 Å². The number of allylic oxidation sites excluding steroid dienone is 2. The molecule has 9 heavy (non-hydrogen) atoms. The van der Waals surface area contributed by atoms with E-state index in [4.69, 9.17) is 5.41 Å². The molecule has 0 unspecified atom stereocenters. The van der Waals surface area contributed by atoms with Gasteiger partial charge in [0.2, 0.25) is 0 Å². The van der Waals surface area contributed by atoms with Crippen molar-refractivity contribution in [2.75, 3.05) is 12.4 Å². The molecule has 0 spiro atoms. The van der Waals surface area contributed by atoms with E-state index in [0.29, 0.717) is 5.71 Å². The summed E-state index contributed by atoms with van der Waals surface area (Å²) in [6, 6.07) is 0. The molecule has 2 nitrogen and oxygen atoms in total. The van der Waals surface area contributed by atoms with E-state index in [2.05, 4.69) is 21.2 Å². The zero-order valence-corrected chi connectivity index (χ0v) is 7.25. The minimum atomic E-state index is 0.568. The average Bonchev–Trinajstić information content (AvgIpc) is 1.82. The zero-order valence-electron chi connectivity index (χ0n) is 5.66. The van der Waals surface area contributed by atoms with Gasteiger partial charge in [-0.2, -0.15) is 0 Å². The predicted octanol–water partition coefficient (Wildman–Crippen LogP) is 1.52. The minimum absolute atomic E-state index is 0.568. The quantitative estimate of drug-likeness (QED) is 0.515. The van der Waals surface area contributed by atoms with Crippen molar-refractivity contribution in [1.82, 2.24) is 5.32 Å². The number of nitrogens with one attached hydrogen (secondary N) is 2. The molecule has 0 aliphatic carbocycles. The molecule has 0 aromatic heterocycles. The molecular formula is C6H11BrN2. The van der Waals surface area contributed by atoms with Gasteiger partial charge in [0.1, 0.15) is 0 Å². The second kappa shape index (κ2) is 4.56. The highest BCUT2D eigenvalue weighted by Crippen LogP contribution is 1.93. The van der Waals surface area contributed by atoms with Gasteiger partial charge in [0.25, 0.3) is 0 Å². The standard InChI is InChI=1S/C6H11BrN2/c1-5(8)3-6(4-7)9-2/h3,8-9H,4H2,1-2H3/b6-3-,8-5?. The molecule has 3 heteroatoms. The molecule has 0 aliphatic heterocycles. The summed E-state index contributed by atoms with van der Waals surface area (Å²) in [5, 5.41) is 10.8. The Labute approximate surface area is 64.0 Å². The summed E-state index contributed by atoms with van der Waals surface area (Å²) in [6.45, 7) is 1.75. The largest absolute Gasteiger partial charge is 0.391 e. The smallest absolute Gasteiger partial charge is 0.0431 e. The fraction of sp³-hybridized carbons (Fsp3) is 0.500. The Balaban J connectivity index is 3.91. The second-order valence-electron chi connectivity index (χ2n) is 1.74. The van der Waals surface area contributed by atoms with Crippen LogP contribution in [-0.2, 0) is 0 Å². The molecule has 0 saturated carbocycles. The zero-order chi connectivity index (χ0) is 7.28. The highest BCUT2D eigenvalue weighted by molar-refractivity contribution is 9.09. The second-order valence-corrected chi connectivity index (χ2v) is 2.30. The number of hydrogen-bond acceptors (Lipinski definition) is 2. The van der Waals surface area contributed by atoms with Crippen LogP contribution in [0.4, 0.5) is 0 Å². The van der Waals surface area contributed by atoms with Gasteiger partial charge >= 0.3 is 0 Å². The van der Waals surface area contributed by atoms with E-state index < -0.39 is 0 Å². The highest BCUT2D eigenvalue weighted by atomic mass is 79.9. The molecule has 0 aromatic rings. The number of alkyl halides is 1. The molecule has 2 N–H and O–H groups in total. The molecule has 0 saturated heterocycles. The van der Waals surface area contributed by atoms with Crippen LogP contribution in [0.15, 0.2) is 11.8 Å². The van der Waals surface area contributed by atoms with Gasteiger partial charge in [0, 0.05) is 23.8 Å². The Hall–Kier alpha value is -0.310. The SMILES string of the molecule is CN/C(=C\C(C)=N)CBr. The first-order valence-electron chi connectivity index (χ1n) is 2.70. The predicted molar refractivity (Wildman–Crippen MR) is 44.3 cm³/mol. The van der Waals surface area contributed by atoms with Crippen LogP contribution in [0.2, 0.25) is 0 Å². The lowest BCUT2D eigenvalue weighted by Crippen LogP contribution is -2.07. The Morgan fingerprint density at radius 2 is 2.33 bits per heavy atom. The number of hydrogen-bond donors (Lipinski definition) is 2. The Bertz CT molecular complexity index is 123. The van der Waals surface area contributed by atoms with Crippen LogP contribution in [0.25, 0.3) is 0 Å². The van der Waals surface area contributed by atoms with Crippen LogP contribution in [0.5, 0.6) is 0 Å². The maximum Gasteiger partial charge on any atom is 0.0431 e. The summed E-state index contributed by atoms with van der Waals surface area (Å²) in [5.74, 6) is 0. The lowest BCUT2D eigenvalue weighted by Gasteiger charge is -1.99. The van der Waals surface area contributed by atoms with E-state index >= 15 is 0 Å². The Kier molecular flexibility index (Phi) is 4.40. The van der Waals surface area contributed by atoms with Crippen molar-refractivity contribution in [2.45, 2.75) is 6.92 Å². The summed E-state index contributed by atoms with van der Waals surface area (Å²) < 4.78 is 0. The van der Waals surface area contributed by atoms with Crippen molar-refractivity contribution < 1.29 is 0 Å². The molecule has 0 fully saturated rings. The van der Waals surface area contributed by atoms with Crippen LogP contribution < -0.4 is 5.32 Å². The molecule has 52 valence electrons. The fourth-order valence-electron chi connectivity index (χ4n) is 0.439. The van der Waals surface area contributed by atoms with Crippen LogP contribution in [0.3, 0.4) is 0 Å². The lowest BCUT2D eigenvalue weighted by atomic mass is 10.3. The van der Waals surface area contributed by atoms with E-state index in [0.717, 1.165) is 11.0 Å². The normalized spacial score (nSPS) is 11.2. The molecule has 0 rings (SSSR count). The van der Waals surface area contributed by atoms with Crippen molar-refractivity contribution in [3.8, 4) is 0 Å². The maximum atomic E-state index is 7.09. The third-order valence-electron chi connectivity index (χ3n) is 0.856. The Morgan fingerprint density at radius 1 is 1.78 bits per heavy atom. The van der Waals surface area contributed by atoms with Gasteiger partial charge in [-0.15, -0.1) is 0 Å². The van der Waals surface area contributed by atoms with Gasteiger partial charge in [0.05, 0.1) is 0 Å². The van der Waals surface area contributed by atoms with Gasteiger partial charge in [-0.3, -0.25) is 0 Å². The van der Waals surface area contributed by atoms with E-state index in [1.165, 1.54) is 0 Å². The molecule has 0 aliphatic rings.